The Morgan fingerprint density at radius 1 is 1.29 bits per heavy atom. The number of aliphatic hydroxyl groups is 2. The molecule has 8 nitrogen and oxygen atoms in total. The van der Waals surface area contributed by atoms with Gasteiger partial charge in [0.25, 0.3) is 5.91 Å². The van der Waals surface area contributed by atoms with E-state index in [0.717, 1.165) is 38.6 Å². The second-order valence-electron chi connectivity index (χ2n) is 7.96. The number of benzene rings is 1. The lowest BCUT2D eigenvalue weighted by atomic mass is 9.77. The highest BCUT2D eigenvalue weighted by Crippen LogP contribution is 2.54. The fourth-order valence-corrected chi connectivity index (χ4v) is 3.91. The summed E-state index contributed by atoms with van der Waals surface area (Å²) < 4.78 is 80.1. The first-order valence-electron chi connectivity index (χ1n) is 10.0. The first-order valence-corrected chi connectivity index (χ1v) is 10.0. The molecule has 0 spiro atoms. The van der Waals surface area contributed by atoms with Crippen LogP contribution in [0, 0.1) is 17.6 Å². The summed E-state index contributed by atoms with van der Waals surface area (Å²) >= 11 is 0. The maximum Gasteiger partial charge on any atom is 0.417 e. The number of carbonyl (C=O) groups is 1. The highest BCUT2D eigenvalue weighted by Gasteiger charge is 2.65. The number of rotatable bonds is 6. The van der Waals surface area contributed by atoms with Crippen LogP contribution in [0.25, 0.3) is 0 Å². The smallest absolute Gasteiger partial charge is 0.417 e. The molecular formula is C21H22F5N3O5. The van der Waals surface area contributed by atoms with Gasteiger partial charge in [0.2, 0.25) is 5.82 Å². The molecular weight excluding hydrogens is 469 g/mol. The number of anilines is 1. The standard InChI is InChI=1S/C21H22F5N3O5/c1-9-14(11-4-5-12(22)15(23)16(11)33-3)17(34-20(9,2)21(24,25)26)19(32)29-10-6-27-18(28-7-10)13(31)8-30/h4-7,9,13-14,17,30-31H,8H2,1-3H3,(H,29,32)/t9-,13+,14?,17+,20+/m0/s1. The molecule has 1 aromatic carbocycles. The van der Waals surface area contributed by atoms with Gasteiger partial charge in [0.15, 0.2) is 23.0 Å². The van der Waals surface area contributed by atoms with Crippen LogP contribution in [-0.4, -0.2) is 57.7 Å². The molecule has 1 fully saturated rings. The summed E-state index contributed by atoms with van der Waals surface area (Å²) in [4.78, 5) is 20.6. The molecule has 3 rings (SSSR count). The summed E-state index contributed by atoms with van der Waals surface area (Å²) in [6.45, 7) is 1.33. The number of nitrogens with one attached hydrogen (secondary N) is 1. The number of amides is 1. The summed E-state index contributed by atoms with van der Waals surface area (Å²) in [5.74, 6) is -7.23. The average molecular weight is 491 g/mol. The molecule has 5 atom stereocenters. The first-order chi connectivity index (χ1) is 15.9. The van der Waals surface area contributed by atoms with Crippen molar-refractivity contribution < 1.29 is 46.4 Å². The van der Waals surface area contributed by atoms with Crippen molar-refractivity contribution in [1.29, 1.82) is 0 Å². The topological polar surface area (TPSA) is 114 Å². The van der Waals surface area contributed by atoms with E-state index in [1.165, 1.54) is 6.92 Å². The first kappa shape index (κ1) is 25.7. The van der Waals surface area contributed by atoms with E-state index in [1.54, 1.807) is 0 Å². The summed E-state index contributed by atoms with van der Waals surface area (Å²) in [6.07, 6.45) is -5.87. The Balaban J connectivity index is 2.01. The zero-order valence-electron chi connectivity index (χ0n) is 18.2. The van der Waals surface area contributed by atoms with Crippen LogP contribution in [0.15, 0.2) is 24.5 Å². The third kappa shape index (κ3) is 4.42. The molecule has 34 heavy (non-hydrogen) atoms. The van der Waals surface area contributed by atoms with E-state index in [1.807, 2.05) is 0 Å². The number of halogens is 5. The number of ether oxygens (including phenoxy) is 2. The molecule has 1 aromatic heterocycles. The van der Waals surface area contributed by atoms with Gasteiger partial charge in [-0.3, -0.25) is 4.79 Å². The van der Waals surface area contributed by atoms with Crippen molar-refractivity contribution in [2.24, 2.45) is 5.92 Å². The molecule has 2 aromatic rings. The Morgan fingerprint density at radius 2 is 1.91 bits per heavy atom. The van der Waals surface area contributed by atoms with E-state index in [0.29, 0.717) is 0 Å². The zero-order chi connectivity index (χ0) is 25.4. The Kier molecular flexibility index (Phi) is 7.10. The molecule has 1 saturated heterocycles. The fraction of sp³-hybridized carbons (Fsp3) is 0.476. The Morgan fingerprint density at radius 3 is 2.44 bits per heavy atom. The largest absolute Gasteiger partial charge is 0.493 e. The molecule has 1 aliphatic rings. The highest BCUT2D eigenvalue weighted by atomic mass is 19.4. The van der Waals surface area contributed by atoms with Crippen LogP contribution in [0.4, 0.5) is 27.6 Å². The molecule has 1 unspecified atom stereocenters. The second kappa shape index (κ2) is 9.39. The molecule has 1 aliphatic heterocycles. The number of aromatic nitrogens is 2. The van der Waals surface area contributed by atoms with Crippen molar-refractivity contribution in [3.63, 3.8) is 0 Å². The van der Waals surface area contributed by atoms with Crippen LogP contribution in [-0.2, 0) is 9.53 Å². The van der Waals surface area contributed by atoms with Gasteiger partial charge in [-0.15, -0.1) is 0 Å². The van der Waals surface area contributed by atoms with E-state index >= 15 is 0 Å². The lowest BCUT2D eigenvalue weighted by Gasteiger charge is -2.32. The maximum atomic E-state index is 14.4. The highest BCUT2D eigenvalue weighted by molar-refractivity contribution is 5.95. The molecule has 1 amide bonds. The third-order valence-electron chi connectivity index (χ3n) is 5.98. The Labute approximate surface area is 190 Å². The molecule has 2 heterocycles. The van der Waals surface area contributed by atoms with E-state index < -0.39 is 65.7 Å². The van der Waals surface area contributed by atoms with Crippen LogP contribution in [0.1, 0.15) is 37.3 Å². The van der Waals surface area contributed by atoms with Crippen molar-refractivity contribution in [3.8, 4) is 5.75 Å². The molecule has 0 saturated carbocycles. The van der Waals surface area contributed by atoms with Crippen molar-refractivity contribution in [2.45, 2.75) is 43.8 Å². The van der Waals surface area contributed by atoms with E-state index in [9.17, 15) is 31.9 Å². The molecule has 0 bridgehead atoms. The van der Waals surface area contributed by atoms with Gasteiger partial charge in [-0.25, -0.2) is 14.4 Å². The Hall–Kier alpha value is -2.90. The van der Waals surface area contributed by atoms with Gasteiger partial charge in [-0.05, 0) is 13.0 Å². The minimum Gasteiger partial charge on any atom is -0.493 e. The van der Waals surface area contributed by atoms with Gasteiger partial charge in [-0.1, -0.05) is 13.0 Å². The van der Waals surface area contributed by atoms with E-state index in [-0.39, 0.29) is 17.1 Å². The van der Waals surface area contributed by atoms with E-state index in [4.69, 9.17) is 14.6 Å². The maximum absolute atomic E-state index is 14.4. The summed E-state index contributed by atoms with van der Waals surface area (Å²) in [5.41, 5.74) is -2.99. The molecule has 0 radical (unpaired) electrons. The number of nitrogens with zero attached hydrogens (tertiary/aromatic N) is 2. The number of methoxy groups -OCH3 is 1. The molecule has 0 aliphatic carbocycles. The van der Waals surface area contributed by atoms with Gasteiger partial charge in [-0.2, -0.15) is 17.6 Å². The number of aliphatic hydroxyl groups excluding tert-OH is 2. The number of alkyl halides is 3. The fourth-order valence-electron chi connectivity index (χ4n) is 3.91. The van der Waals surface area contributed by atoms with Crippen LogP contribution in [0.3, 0.4) is 0 Å². The van der Waals surface area contributed by atoms with Crippen molar-refractivity contribution >= 4 is 11.6 Å². The predicted molar refractivity (Wildman–Crippen MR) is 107 cm³/mol. The molecule has 3 N–H and O–H groups in total. The average Bonchev–Trinajstić information content (AvgIpc) is 3.07. The summed E-state index contributed by atoms with van der Waals surface area (Å²) in [7, 11) is 1.03. The quantitative estimate of drug-likeness (QED) is 0.533. The van der Waals surface area contributed by atoms with Gasteiger partial charge in [0.05, 0.1) is 31.8 Å². The van der Waals surface area contributed by atoms with Gasteiger partial charge >= 0.3 is 6.18 Å². The van der Waals surface area contributed by atoms with Gasteiger partial charge < -0.3 is 25.0 Å². The minimum absolute atomic E-state index is 0.0354. The normalized spacial score (nSPS) is 25.8. The lowest BCUT2D eigenvalue weighted by molar-refractivity contribution is -0.272. The SMILES string of the molecule is COc1c(C2[C@H](C(=O)Nc3cnc([C@H](O)CO)nc3)O[C@@](C)(C(F)(F)F)[C@H]2C)ccc(F)c1F. The van der Waals surface area contributed by atoms with Gasteiger partial charge in [0.1, 0.15) is 12.2 Å². The van der Waals surface area contributed by atoms with E-state index in [2.05, 4.69) is 15.3 Å². The number of hydrogen-bond acceptors (Lipinski definition) is 7. The van der Waals surface area contributed by atoms with Gasteiger partial charge in [0, 0.05) is 17.4 Å². The summed E-state index contributed by atoms with van der Waals surface area (Å²) in [6, 6.07) is 1.79. The van der Waals surface area contributed by atoms with Crippen LogP contribution in [0.2, 0.25) is 0 Å². The minimum atomic E-state index is -4.89. The predicted octanol–water partition coefficient (Wildman–Crippen LogP) is 2.87. The zero-order valence-corrected chi connectivity index (χ0v) is 18.2. The van der Waals surface area contributed by atoms with Crippen LogP contribution >= 0.6 is 0 Å². The Bertz CT molecular complexity index is 1050. The van der Waals surface area contributed by atoms with Crippen molar-refractivity contribution in [2.75, 3.05) is 19.0 Å². The van der Waals surface area contributed by atoms with Crippen molar-refractivity contribution in [1.82, 2.24) is 9.97 Å². The molecule has 13 heteroatoms. The lowest BCUT2D eigenvalue weighted by Crippen LogP contribution is -2.47. The monoisotopic (exact) mass is 491 g/mol. The number of carbonyl (C=O) groups excluding carboxylic acids is 1. The van der Waals surface area contributed by atoms with Crippen LogP contribution < -0.4 is 10.1 Å². The molecule has 186 valence electrons. The number of hydrogen-bond donors (Lipinski definition) is 3. The van der Waals surface area contributed by atoms with Crippen LogP contribution in [0.5, 0.6) is 5.75 Å². The summed E-state index contributed by atoms with van der Waals surface area (Å²) in [5, 5.41) is 20.8. The second-order valence-corrected chi connectivity index (χ2v) is 7.96. The van der Waals surface area contributed by atoms with Crippen molar-refractivity contribution in [3.05, 3.63) is 47.5 Å². The third-order valence-corrected chi connectivity index (χ3v) is 5.98.